The molecule has 0 atom stereocenters. The van der Waals surface area contributed by atoms with Crippen molar-refractivity contribution in [2.24, 2.45) is 5.41 Å². The molecule has 0 unspecified atom stereocenters. The molecule has 1 aliphatic carbocycles. The fourth-order valence-corrected chi connectivity index (χ4v) is 3.18. The predicted octanol–water partition coefficient (Wildman–Crippen LogP) is 3.57. The Morgan fingerprint density at radius 1 is 1.50 bits per heavy atom. The molecule has 5 heteroatoms. The molecule has 1 aromatic heterocycles. The van der Waals surface area contributed by atoms with Gasteiger partial charge in [0.15, 0.2) is 0 Å². The zero-order valence-corrected chi connectivity index (χ0v) is 13.6. The molecule has 0 aliphatic heterocycles. The summed E-state index contributed by atoms with van der Waals surface area (Å²) in [6.45, 7) is 7.26. The molecule has 1 N–H and O–H groups in total. The van der Waals surface area contributed by atoms with Gasteiger partial charge in [-0.3, -0.25) is 4.79 Å². The number of nitrogens with zero attached hydrogens (tertiary/aromatic N) is 2. The van der Waals surface area contributed by atoms with Crippen molar-refractivity contribution in [2.45, 2.75) is 45.6 Å². The minimum Gasteiger partial charge on any atom is -0.382 e. The Morgan fingerprint density at radius 2 is 2.20 bits per heavy atom. The number of halogens is 1. The molecule has 2 rings (SSSR count). The molecule has 0 saturated heterocycles. The van der Waals surface area contributed by atoms with Crippen LogP contribution in [0.4, 0.5) is 5.69 Å². The van der Waals surface area contributed by atoms with E-state index in [1.807, 2.05) is 0 Å². The normalized spacial score (nSPS) is 17.7. The third-order valence-electron chi connectivity index (χ3n) is 4.05. The van der Waals surface area contributed by atoms with Gasteiger partial charge in [-0.05, 0) is 34.2 Å². The van der Waals surface area contributed by atoms with Gasteiger partial charge in [0.2, 0.25) is 0 Å². The lowest BCUT2D eigenvalue weighted by Crippen LogP contribution is -2.30. The Kier molecular flexibility index (Phi) is 5.02. The van der Waals surface area contributed by atoms with Crippen LogP contribution >= 0.6 is 15.9 Å². The fourth-order valence-electron chi connectivity index (χ4n) is 2.73. The van der Waals surface area contributed by atoms with E-state index in [4.69, 9.17) is 0 Å². The second-order valence-corrected chi connectivity index (χ2v) is 6.67. The van der Waals surface area contributed by atoms with Crippen molar-refractivity contribution in [3.63, 3.8) is 0 Å². The highest BCUT2D eigenvalue weighted by molar-refractivity contribution is 9.10. The molecule has 1 saturated carbocycles. The summed E-state index contributed by atoms with van der Waals surface area (Å²) in [6, 6.07) is 0. The Bertz CT molecular complexity index is 532. The van der Waals surface area contributed by atoms with Crippen molar-refractivity contribution in [3.05, 3.63) is 33.7 Å². The second kappa shape index (κ2) is 6.57. The first-order valence-corrected chi connectivity index (χ1v) is 7.95. The van der Waals surface area contributed by atoms with Gasteiger partial charge in [-0.25, -0.2) is 4.68 Å². The Hall–Kier alpha value is -1.10. The van der Waals surface area contributed by atoms with Crippen LogP contribution in [0.5, 0.6) is 0 Å². The van der Waals surface area contributed by atoms with Gasteiger partial charge in [-0.1, -0.05) is 32.3 Å². The summed E-state index contributed by atoms with van der Waals surface area (Å²) in [5.74, 6) is 0. The molecule has 20 heavy (non-hydrogen) atoms. The third-order valence-corrected chi connectivity index (χ3v) is 4.82. The van der Waals surface area contributed by atoms with E-state index in [2.05, 4.69) is 39.8 Å². The van der Waals surface area contributed by atoms with Crippen LogP contribution in [-0.2, 0) is 6.54 Å². The minimum atomic E-state index is -0.122. The number of aromatic nitrogens is 2. The molecule has 1 fully saturated rings. The molecule has 110 valence electrons. The van der Waals surface area contributed by atoms with Crippen LogP contribution in [0, 0.1) is 5.41 Å². The van der Waals surface area contributed by atoms with E-state index in [0.717, 1.165) is 12.2 Å². The lowest BCUT2D eigenvalue weighted by atomic mass is 9.76. The van der Waals surface area contributed by atoms with E-state index in [1.165, 1.54) is 36.8 Å². The van der Waals surface area contributed by atoms with Crippen LogP contribution < -0.4 is 10.9 Å². The molecule has 0 spiro atoms. The Labute approximate surface area is 128 Å². The molecule has 0 radical (unpaired) electrons. The van der Waals surface area contributed by atoms with Crippen molar-refractivity contribution in [3.8, 4) is 0 Å². The molecule has 1 aliphatic rings. The number of allylic oxidation sites excluding steroid dienone is 1. The highest BCUT2D eigenvalue weighted by Crippen LogP contribution is 2.36. The molecule has 4 nitrogen and oxygen atoms in total. The van der Waals surface area contributed by atoms with Crippen molar-refractivity contribution >= 4 is 21.6 Å². The molecular weight excluding hydrogens is 318 g/mol. The number of anilines is 1. The molecule has 0 aromatic carbocycles. The maximum Gasteiger partial charge on any atom is 0.283 e. The average molecular weight is 340 g/mol. The van der Waals surface area contributed by atoms with E-state index >= 15 is 0 Å². The van der Waals surface area contributed by atoms with Crippen molar-refractivity contribution < 1.29 is 0 Å². The topological polar surface area (TPSA) is 46.9 Å². The SMILES string of the molecule is C=CCn1ncc(NCC2(C)CCCCC2)c(Br)c1=O. The number of hydrogen-bond acceptors (Lipinski definition) is 3. The highest BCUT2D eigenvalue weighted by Gasteiger charge is 2.26. The second-order valence-electron chi connectivity index (χ2n) is 5.87. The van der Waals surface area contributed by atoms with E-state index in [-0.39, 0.29) is 5.56 Å². The summed E-state index contributed by atoms with van der Waals surface area (Å²) >= 11 is 3.37. The summed E-state index contributed by atoms with van der Waals surface area (Å²) in [6.07, 6.45) is 9.82. The molecule has 1 aromatic rings. The van der Waals surface area contributed by atoms with Crippen LogP contribution in [0.1, 0.15) is 39.0 Å². The zero-order valence-electron chi connectivity index (χ0n) is 12.0. The predicted molar refractivity (Wildman–Crippen MR) is 86.1 cm³/mol. The van der Waals surface area contributed by atoms with Crippen LogP contribution in [0.3, 0.4) is 0 Å². The van der Waals surface area contributed by atoms with Crippen LogP contribution in [-0.4, -0.2) is 16.3 Å². The first-order valence-electron chi connectivity index (χ1n) is 7.16. The molecule has 1 heterocycles. The van der Waals surface area contributed by atoms with Crippen molar-refractivity contribution in [1.29, 1.82) is 0 Å². The summed E-state index contributed by atoms with van der Waals surface area (Å²) in [4.78, 5) is 12.1. The Balaban J connectivity index is 2.08. The number of nitrogens with one attached hydrogen (secondary N) is 1. The van der Waals surface area contributed by atoms with Gasteiger partial charge in [0.05, 0.1) is 18.4 Å². The summed E-state index contributed by atoms with van der Waals surface area (Å²) < 4.78 is 1.94. The summed E-state index contributed by atoms with van der Waals surface area (Å²) in [5, 5.41) is 7.54. The number of hydrogen-bond donors (Lipinski definition) is 1. The lowest BCUT2D eigenvalue weighted by Gasteiger charge is -2.34. The van der Waals surface area contributed by atoms with E-state index in [1.54, 1.807) is 12.3 Å². The van der Waals surface area contributed by atoms with Gasteiger partial charge in [-0.15, -0.1) is 6.58 Å². The maximum atomic E-state index is 12.1. The standard InChI is InChI=1S/C15H22BrN3O/c1-3-9-19-14(20)13(16)12(10-18-19)17-11-15(2)7-5-4-6-8-15/h3,10,17H,1,4-9,11H2,2H3. The smallest absolute Gasteiger partial charge is 0.283 e. The largest absolute Gasteiger partial charge is 0.382 e. The van der Waals surface area contributed by atoms with Gasteiger partial charge < -0.3 is 5.32 Å². The van der Waals surface area contributed by atoms with Gasteiger partial charge >= 0.3 is 0 Å². The van der Waals surface area contributed by atoms with Crippen LogP contribution in [0.2, 0.25) is 0 Å². The summed E-state index contributed by atoms with van der Waals surface area (Å²) in [5.41, 5.74) is 0.985. The quantitative estimate of drug-likeness (QED) is 0.834. The Morgan fingerprint density at radius 3 is 2.85 bits per heavy atom. The maximum absolute atomic E-state index is 12.1. The van der Waals surface area contributed by atoms with Crippen LogP contribution in [0.25, 0.3) is 0 Å². The first kappa shape index (κ1) is 15.3. The average Bonchev–Trinajstić information content (AvgIpc) is 2.44. The molecule has 0 amide bonds. The first-order chi connectivity index (χ1) is 9.56. The lowest BCUT2D eigenvalue weighted by molar-refractivity contribution is 0.233. The van der Waals surface area contributed by atoms with E-state index in [9.17, 15) is 4.79 Å². The van der Waals surface area contributed by atoms with Gasteiger partial charge in [-0.2, -0.15) is 5.10 Å². The van der Waals surface area contributed by atoms with Gasteiger partial charge in [0.1, 0.15) is 4.47 Å². The molecular formula is C15H22BrN3O. The van der Waals surface area contributed by atoms with Crippen molar-refractivity contribution in [1.82, 2.24) is 9.78 Å². The highest BCUT2D eigenvalue weighted by atomic mass is 79.9. The summed E-state index contributed by atoms with van der Waals surface area (Å²) in [7, 11) is 0. The van der Waals surface area contributed by atoms with Crippen LogP contribution in [0.15, 0.2) is 28.1 Å². The van der Waals surface area contributed by atoms with E-state index in [0.29, 0.717) is 16.4 Å². The third kappa shape index (κ3) is 3.51. The van der Waals surface area contributed by atoms with E-state index < -0.39 is 0 Å². The number of rotatable bonds is 5. The fraction of sp³-hybridized carbons (Fsp3) is 0.600. The van der Waals surface area contributed by atoms with Gasteiger partial charge in [0.25, 0.3) is 5.56 Å². The molecule has 0 bridgehead atoms. The van der Waals surface area contributed by atoms with Gasteiger partial charge in [0, 0.05) is 6.54 Å². The zero-order chi connectivity index (χ0) is 14.6. The monoisotopic (exact) mass is 339 g/mol. The van der Waals surface area contributed by atoms with Crippen molar-refractivity contribution in [2.75, 3.05) is 11.9 Å². The minimum absolute atomic E-state index is 0.122.